The van der Waals surface area contributed by atoms with Crippen LogP contribution in [0.5, 0.6) is 5.75 Å². The minimum absolute atomic E-state index is 0.0463. The Bertz CT molecular complexity index is 779. The molecule has 1 N–H and O–H groups in total. The lowest BCUT2D eigenvalue weighted by Crippen LogP contribution is -2.31. The number of rotatable bonds is 9. The van der Waals surface area contributed by atoms with Crippen LogP contribution in [-0.4, -0.2) is 36.2 Å². The van der Waals surface area contributed by atoms with Crippen molar-refractivity contribution in [2.24, 2.45) is 0 Å². The van der Waals surface area contributed by atoms with Gasteiger partial charge in [0.15, 0.2) is 18.0 Å². The fourth-order valence-electron chi connectivity index (χ4n) is 2.31. The summed E-state index contributed by atoms with van der Waals surface area (Å²) in [5.74, 6) is 0.286. The van der Waals surface area contributed by atoms with Crippen molar-refractivity contribution in [1.82, 2.24) is 5.32 Å². The molecule has 7 heteroatoms. The quantitative estimate of drug-likeness (QED) is 0.404. The zero-order chi connectivity index (χ0) is 18.9. The smallest absolute Gasteiger partial charge is 0.233 e. The Morgan fingerprint density at radius 3 is 2.58 bits per heavy atom. The van der Waals surface area contributed by atoms with Crippen LogP contribution in [0.25, 0.3) is 0 Å². The summed E-state index contributed by atoms with van der Waals surface area (Å²) in [4.78, 5) is 34.6. The normalized spacial score (nSPS) is 11.5. The number of hydrogen-bond acceptors (Lipinski definition) is 5. The molecule has 2 rings (SSSR count). The Labute approximate surface area is 159 Å². The molecule has 0 aromatic heterocycles. The Hall–Kier alpha value is -2.17. The van der Waals surface area contributed by atoms with E-state index in [9.17, 15) is 14.4 Å². The van der Waals surface area contributed by atoms with Crippen LogP contribution in [0.4, 0.5) is 0 Å². The number of thioether (sulfide) groups is 1. The van der Waals surface area contributed by atoms with Crippen molar-refractivity contribution in [3.05, 3.63) is 59.7 Å². The lowest BCUT2D eigenvalue weighted by Gasteiger charge is -2.12. The Morgan fingerprint density at radius 2 is 1.96 bits per heavy atom. The Morgan fingerprint density at radius 1 is 1.23 bits per heavy atom. The molecule has 0 radical (unpaired) electrons. The molecule has 0 saturated heterocycles. The molecule has 2 aromatic carbocycles. The van der Waals surface area contributed by atoms with Crippen molar-refractivity contribution in [3.63, 3.8) is 0 Å². The van der Waals surface area contributed by atoms with Gasteiger partial charge in [0.25, 0.3) is 0 Å². The minimum Gasteiger partial charge on any atom is -0.485 e. The molecule has 0 saturated carbocycles. The highest BCUT2D eigenvalue weighted by atomic mass is 32.2. The van der Waals surface area contributed by atoms with E-state index in [4.69, 9.17) is 4.74 Å². The third-order valence-corrected chi connectivity index (χ3v) is 4.86. The van der Waals surface area contributed by atoms with Gasteiger partial charge >= 0.3 is 0 Å². The van der Waals surface area contributed by atoms with E-state index >= 15 is 0 Å². The second-order valence-corrected chi connectivity index (χ2v) is 7.22. The standard InChI is InChI=1S/C19H20NO4PS/c1-20-19(23)18(26-12-21)9-13-5-7-15(8-6-13)24-11-17(22)14-3-2-4-16(25)10-14/h2-8,10,12,18H,9,11,25H2,1H3,(H,20,23). The number of ether oxygens (including phenoxy) is 1. The van der Waals surface area contributed by atoms with E-state index in [1.165, 1.54) is 0 Å². The lowest BCUT2D eigenvalue weighted by molar-refractivity contribution is -0.120. The van der Waals surface area contributed by atoms with Crippen molar-refractivity contribution in [2.75, 3.05) is 13.7 Å². The molecular weight excluding hydrogens is 369 g/mol. The number of ketones is 1. The van der Waals surface area contributed by atoms with Crippen molar-refractivity contribution in [2.45, 2.75) is 11.7 Å². The van der Waals surface area contributed by atoms with Crippen molar-refractivity contribution < 1.29 is 19.1 Å². The first-order valence-electron chi connectivity index (χ1n) is 7.94. The Kier molecular flexibility index (Phi) is 7.82. The zero-order valence-corrected chi connectivity index (χ0v) is 16.3. The van der Waals surface area contributed by atoms with E-state index in [0.29, 0.717) is 23.4 Å². The largest absolute Gasteiger partial charge is 0.485 e. The van der Waals surface area contributed by atoms with E-state index < -0.39 is 5.25 Å². The van der Waals surface area contributed by atoms with Crippen LogP contribution in [0.3, 0.4) is 0 Å². The molecule has 0 aliphatic rings. The Balaban J connectivity index is 1.93. The van der Waals surface area contributed by atoms with Crippen molar-refractivity contribution in [1.29, 1.82) is 0 Å². The molecule has 5 nitrogen and oxygen atoms in total. The average molecular weight is 389 g/mol. The number of hydrogen-bond donors (Lipinski definition) is 1. The van der Waals surface area contributed by atoms with Gasteiger partial charge in [0.05, 0.1) is 5.25 Å². The summed E-state index contributed by atoms with van der Waals surface area (Å²) < 4.78 is 5.54. The van der Waals surface area contributed by atoms with Gasteiger partial charge in [-0.1, -0.05) is 42.1 Å². The lowest BCUT2D eigenvalue weighted by atomic mass is 10.1. The molecule has 0 aliphatic carbocycles. The summed E-state index contributed by atoms with van der Waals surface area (Å²) >= 11 is 0.951. The number of carbonyl (C=O) groups is 3. The highest BCUT2D eigenvalue weighted by molar-refractivity contribution is 8.13. The number of amides is 1. The van der Waals surface area contributed by atoms with Crippen LogP contribution >= 0.6 is 21.0 Å². The number of benzene rings is 2. The van der Waals surface area contributed by atoms with Gasteiger partial charge in [-0.05, 0) is 35.5 Å². The summed E-state index contributed by atoms with van der Waals surface area (Å²) in [5, 5.41) is 3.03. The summed E-state index contributed by atoms with van der Waals surface area (Å²) in [6, 6.07) is 14.4. The predicted molar refractivity (Wildman–Crippen MR) is 108 cm³/mol. The molecule has 26 heavy (non-hydrogen) atoms. The van der Waals surface area contributed by atoms with Gasteiger partial charge in [0.1, 0.15) is 5.75 Å². The minimum atomic E-state index is -0.468. The van der Waals surface area contributed by atoms with Crippen molar-refractivity contribution >= 4 is 43.6 Å². The van der Waals surface area contributed by atoms with Gasteiger partial charge in [-0.2, -0.15) is 0 Å². The molecule has 0 bridgehead atoms. The van der Waals surface area contributed by atoms with Gasteiger partial charge in [-0.15, -0.1) is 9.24 Å². The van der Waals surface area contributed by atoms with Crippen LogP contribution in [0.2, 0.25) is 0 Å². The molecule has 2 atom stereocenters. The fraction of sp³-hybridized carbons (Fsp3) is 0.211. The predicted octanol–water partition coefficient (Wildman–Crippen LogP) is 2.03. The van der Waals surface area contributed by atoms with Crippen LogP contribution in [-0.2, 0) is 16.0 Å². The molecule has 0 fully saturated rings. The van der Waals surface area contributed by atoms with Crippen LogP contribution in [0, 0.1) is 0 Å². The topological polar surface area (TPSA) is 72.5 Å². The van der Waals surface area contributed by atoms with E-state index in [1.54, 1.807) is 31.3 Å². The molecule has 136 valence electrons. The van der Waals surface area contributed by atoms with Gasteiger partial charge in [-0.3, -0.25) is 14.4 Å². The first kappa shape index (κ1) is 20.1. The molecule has 2 unspecified atom stereocenters. The third kappa shape index (κ3) is 5.97. The molecule has 0 heterocycles. The van der Waals surface area contributed by atoms with Crippen LogP contribution in [0.15, 0.2) is 48.5 Å². The third-order valence-electron chi connectivity index (χ3n) is 3.68. The fourth-order valence-corrected chi connectivity index (χ4v) is 3.27. The van der Waals surface area contributed by atoms with E-state index in [-0.39, 0.29) is 18.3 Å². The van der Waals surface area contributed by atoms with Crippen molar-refractivity contribution in [3.8, 4) is 5.75 Å². The van der Waals surface area contributed by atoms with Gasteiger partial charge in [0, 0.05) is 12.6 Å². The molecule has 0 spiro atoms. The van der Waals surface area contributed by atoms with Gasteiger partial charge in [0.2, 0.25) is 5.91 Å². The second-order valence-electron chi connectivity index (χ2n) is 5.52. The maximum atomic E-state index is 12.1. The monoisotopic (exact) mass is 389 g/mol. The number of carbonyl (C=O) groups excluding carboxylic acids is 3. The molecule has 1 amide bonds. The SMILES string of the molecule is CNC(=O)C(Cc1ccc(OCC(=O)c2cccc(P)c2)cc1)SC=O. The zero-order valence-electron chi connectivity index (χ0n) is 14.3. The summed E-state index contributed by atoms with van der Waals surface area (Å²) in [5.41, 5.74) is 2.18. The number of Topliss-reactive ketones (excluding diaryl/α,β-unsaturated/α-hetero) is 1. The average Bonchev–Trinajstić information content (AvgIpc) is 2.66. The maximum absolute atomic E-state index is 12.1. The first-order chi connectivity index (χ1) is 12.5. The van der Waals surface area contributed by atoms with E-state index in [0.717, 1.165) is 22.6 Å². The van der Waals surface area contributed by atoms with Gasteiger partial charge < -0.3 is 10.1 Å². The highest BCUT2D eigenvalue weighted by Gasteiger charge is 2.18. The summed E-state index contributed by atoms with van der Waals surface area (Å²) in [6.07, 6.45) is 0.434. The van der Waals surface area contributed by atoms with Crippen LogP contribution < -0.4 is 15.4 Å². The van der Waals surface area contributed by atoms with E-state index in [2.05, 4.69) is 14.6 Å². The number of nitrogens with one attached hydrogen (secondary N) is 1. The highest BCUT2D eigenvalue weighted by Crippen LogP contribution is 2.18. The molecule has 2 aromatic rings. The van der Waals surface area contributed by atoms with Crippen LogP contribution in [0.1, 0.15) is 15.9 Å². The molecular formula is C19H20NO4PS. The maximum Gasteiger partial charge on any atom is 0.233 e. The molecule has 0 aliphatic heterocycles. The van der Waals surface area contributed by atoms with Gasteiger partial charge in [-0.25, -0.2) is 0 Å². The summed E-state index contributed by atoms with van der Waals surface area (Å²) in [6.45, 7) is -0.0463. The first-order valence-corrected chi connectivity index (χ1v) is 9.46. The summed E-state index contributed by atoms with van der Waals surface area (Å²) in [7, 11) is 4.10. The second kappa shape index (κ2) is 10.1. The van der Waals surface area contributed by atoms with E-state index in [1.807, 2.05) is 24.3 Å².